The van der Waals surface area contributed by atoms with Gasteiger partial charge in [0.05, 0.1) is 11.9 Å². The van der Waals surface area contributed by atoms with Gasteiger partial charge in [-0.05, 0) is 35.7 Å². The Labute approximate surface area is 145 Å². The lowest BCUT2D eigenvalue weighted by Crippen LogP contribution is -2.24. The number of carbonyl (C=O) groups excluding carboxylic acids is 1. The minimum atomic E-state index is -3.42. The summed E-state index contributed by atoms with van der Waals surface area (Å²) in [4.78, 5) is 11.9. The number of aryl methyl sites for hydroxylation is 1. The number of hydrogen-bond donors (Lipinski definition) is 2. The van der Waals surface area contributed by atoms with Crippen LogP contribution in [0.4, 0.5) is 14.5 Å². The predicted octanol–water partition coefficient (Wildman–Crippen LogP) is 2.59. The molecule has 0 spiro atoms. The molecule has 5 nitrogen and oxygen atoms in total. The van der Waals surface area contributed by atoms with Gasteiger partial charge in [-0.25, -0.2) is 17.2 Å². The maximum Gasteiger partial charge on any atom is 0.229 e. The number of para-hydroxylation sites is 1. The molecule has 0 unspecified atom stereocenters. The molecule has 0 radical (unpaired) electrons. The number of rotatable bonds is 7. The van der Waals surface area contributed by atoms with Crippen molar-refractivity contribution < 1.29 is 22.0 Å². The van der Waals surface area contributed by atoms with Crippen molar-refractivity contribution >= 4 is 21.6 Å². The van der Waals surface area contributed by atoms with Crippen LogP contribution in [0.2, 0.25) is 0 Å². The summed E-state index contributed by atoms with van der Waals surface area (Å²) >= 11 is 0. The first-order valence-electron chi connectivity index (χ1n) is 7.51. The van der Waals surface area contributed by atoms with Crippen molar-refractivity contribution in [3.63, 3.8) is 0 Å². The zero-order valence-corrected chi connectivity index (χ0v) is 14.4. The molecule has 2 aromatic rings. The Morgan fingerprint density at radius 2 is 1.80 bits per heavy atom. The molecule has 0 bridgehead atoms. The summed E-state index contributed by atoms with van der Waals surface area (Å²) in [5, 5.41) is 2.68. The van der Waals surface area contributed by atoms with Crippen molar-refractivity contribution in [2.45, 2.75) is 19.4 Å². The summed E-state index contributed by atoms with van der Waals surface area (Å²) in [6.45, 7) is 0.148. The second kappa shape index (κ2) is 8.06. The largest absolute Gasteiger partial charge is 0.352 e. The van der Waals surface area contributed by atoms with Gasteiger partial charge in [-0.15, -0.1) is 0 Å². The van der Waals surface area contributed by atoms with Gasteiger partial charge in [0.1, 0.15) is 0 Å². The van der Waals surface area contributed by atoms with Gasteiger partial charge in [-0.3, -0.25) is 9.52 Å². The Hall–Kier alpha value is -2.48. The van der Waals surface area contributed by atoms with Crippen molar-refractivity contribution in [1.29, 1.82) is 0 Å². The lowest BCUT2D eigenvalue weighted by molar-refractivity contribution is -0.121. The van der Waals surface area contributed by atoms with Crippen LogP contribution in [0.1, 0.15) is 17.5 Å². The number of sulfonamides is 1. The van der Waals surface area contributed by atoms with Crippen LogP contribution in [0.3, 0.4) is 0 Å². The molecule has 2 rings (SSSR count). The Morgan fingerprint density at radius 1 is 1.08 bits per heavy atom. The van der Waals surface area contributed by atoms with Gasteiger partial charge in [-0.1, -0.05) is 24.3 Å². The average Bonchev–Trinajstić information content (AvgIpc) is 2.54. The first-order valence-corrected chi connectivity index (χ1v) is 9.40. The summed E-state index contributed by atoms with van der Waals surface area (Å²) in [6, 6.07) is 10.2. The van der Waals surface area contributed by atoms with E-state index in [9.17, 15) is 22.0 Å². The molecule has 0 fully saturated rings. The molecular formula is C17H18F2N2O3S. The van der Waals surface area contributed by atoms with E-state index < -0.39 is 21.7 Å². The molecule has 134 valence electrons. The monoisotopic (exact) mass is 368 g/mol. The highest BCUT2D eigenvalue weighted by Gasteiger charge is 2.09. The number of anilines is 1. The molecular weight excluding hydrogens is 350 g/mol. The SMILES string of the molecule is CS(=O)(=O)Nc1ccccc1CNC(=O)CCc1ccc(F)c(F)c1. The van der Waals surface area contributed by atoms with Crippen LogP contribution in [0.25, 0.3) is 0 Å². The Morgan fingerprint density at radius 3 is 2.48 bits per heavy atom. The molecule has 0 aliphatic heterocycles. The topological polar surface area (TPSA) is 75.3 Å². The first kappa shape index (κ1) is 18.9. The highest BCUT2D eigenvalue weighted by molar-refractivity contribution is 7.92. The van der Waals surface area contributed by atoms with Crippen LogP contribution < -0.4 is 10.0 Å². The minimum absolute atomic E-state index is 0.104. The zero-order valence-electron chi connectivity index (χ0n) is 13.6. The molecule has 2 N–H and O–H groups in total. The third kappa shape index (κ3) is 6.15. The standard InChI is InChI=1S/C17H18F2N2O3S/c1-25(23,24)21-16-5-3-2-4-13(16)11-20-17(22)9-7-12-6-8-14(18)15(19)10-12/h2-6,8,10,21H,7,9,11H2,1H3,(H,20,22). The highest BCUT2D eigenvalue weighted by Crippen LogP contribution is 2.16. The van der Waals surface area contributed by atoms with Crippen LogP contribution in [-0.4, -0.2) is 20.6 Å². The van der Waals surface area contributed by atoms with Gasteiger partial charge in [0.2, 0.25) is 15.9 Å². The molecule has 0 saturated heterocycles. The fourth-order valence-electron chi connectivity index (χ4n) is 2.21. The van der Waals surface area contributed by atoms with Crippen molar-refractivity contribution in [3.8, 4) is 0 Å². The Kier molecular flexibility index (Phi) is 6.08. The van der Waals surface area contributed by atoms with Gasteiger partial charge in [0, 0.05) is 13.0 Å². The average molecular weight is 368 g/mol. The van der Waals surface area contributed by atoms with E-state index in [0.717, 1.165) is 18.4 Å². The zero-order chi connectivity index (χ0) is 18.4. The molecule has 0 aliphatic rings. The van der Waals surface area contributed by atoms with E-state index in [2.05, 4.69) is 10.0 Å². The molecule has 0 aliphatic carbocycles. The van der Waals surface area contributed by atoms with Gasteiger partial charge < -0.3 is 5.32 Å². The number of amides is 1. The molecule has 0 aromatic heterocycles. The molecule has 8 heteroatoms. The Bertz CT molecular complexity index is 870. The van der Waals surface area contributed by atoms with E-state index in [1.807, 2.05) is 0 Å². The van der Waals surface area contributed by atoms with Crippen molar-refractivity contribution in [1.82, 2.24) is 5.32 Å². The van der Waals surface area contributed by atoms with Gasteiger partial charge in [0.25, 0.3) is 0 Å². The molecule has 2 aromatic carbocycles. The van der Waals surface area contributed by atoms with E-state index >= 15 is 0 Å². The number of benzene rings is 2. The third-order valence-electron chi connectivity index (χ3n) is 3.41. The highest BCUT2D eigenvalue weighted by atomic mass is 32.2. The van der Waals surface area contributed by atoms with E-state index in [-0.39, 0.29) is 25.3 Å². The fraction of sp³-hybridized carbons (Fsp3) is 0.235. The number of nitrogens with one attached hydrogen (secondary N) is 2. The van der Waals surface area contributed by atoms with E-state index in [4.69, 9.17) is 0 Å². The van der Waals surface area contributed by atoms with E-state index in [1.165, 1.54) is 6.07 Å². The molecule has 25 heavy (non-hydrogen) atoms. The maximum atomic E-state index is 13.1. The molecule has 0 saturated carbocycles. The summed E-state index contributed by atoms with van der Waals surface area (Å²) < 4.78 is 51.1. The van der Waals surface area contributed by atoms with Crippen LogP contribution in [0, 0.1) is 11.6 Å². The summed E-state index contributed by atoms with van der Waals surface area (Å²) in [7, 11) is -3.42. The van der Waals surface area contributed by atoms with Crippen molar-refractivity contribution in [2.75, 3.05) is 11.0 Å². The predicted molar refractivity (Wildman–Crippen MR) is 91.4 cm³/mol. The first-order chi connectivity index (χ1) is 11.7. The number of halogens is 2. The fourth-order valence-corrected chi connectivity index (χ4v) is 2.81. The molecule has 1 amide bonds. The second-order valence-corrected chi connectivity index (χ2v) is 7.31. The summed E-state index contributed by atoms with van der Waals surface area (Å²) in [5.74, 6) is -2.15. The van der Waals surface area contributed by atoms with Gasteiger partial charge >= 0.3 is 0 Å². The lowest BCUT2D eigenvalue weighted by atomic mass is 10.1. The Balaban J connectivity index is 1.91. The van der Waals surface area contributed by atoms with Gasteiger partial charge in [-0.2, -0.15) is 0 Å². The normalized spacial score (nSPS) is 11.2. The van der Waals surface area contributed by atoms with Crippen LogP contribution >= 0.6 is 0 Å². The van der Waals surface area contributed by atoms with Gasteiger partial charge in [0.15, 0.2) is 11.6 Å². The van der Waals surface area contributed by atoms with E-state index in [1.54, 1.807) is 24.3 Å². The second-order valence-electron chi connectivity index (χ2n) is 5.56. The quantitative estimate of drug-likeness (QED) is 0.789. The summed E-state index contributed by atoms with van der Waals surface area (Å²) in [6.07, 6.45) is 1.42. The van der Waals surface area contributed by atoms with Crippen molar-refractivity contribution in [3.05, 3.63) is 65.2 Å². The smallest absolute Gasteiger partial charge is 0.229 e. The van der Waals surface area contributed by atoms with E-state index in [0.29, 0.717) is 16.8 Å². The molecule has 0 atom stereocenters. The van der Waals surface area contributed by atoms with Crippen LogP contribution in [0.5, 0.6) is 0 Å². The van der Waals surface area contributed by atoms with Crippen molar-refractivity contribution in [2.24, 2.45) is 0 Å². The summed E-state index contributed by atoms with van der Waals surface area (Å²) in [5.41, 5.74) is 1.54. The van der Waals surface area contributed by atoms with Crippen LogP contribution in [-0.2, 0) is 27.8 Å². The van der Waals surface area contributed by atoms with Crippen LogP contribution in [0.15, 0.2) is 42.5 Å². The number of carbonyl (C=O) groups is 1. The number of hydrogen-bond acceptors (Lipinski definition) is 3. The minimum Gasteiger partial charge on any atom is -0.352 e. The third-order valence-corrected chi connectivity index (χ3v) is 4.00. The maximum absolute atomic E-state index is 13.1. The molecule has 0 heterocycles. The lowest BCUT2D eigenvalue weighted by Gasteiger charge is -2.11.